The summed E-state index contributed by atoms with van der Waals surface area (Å²) in [4.78, 5) is 13.8. The van der Waals surface area contributed by atoms with Crippen LogP contribution in [-0.4, -0.2) is 49.7 Å². The van der Waals surface area contributed by atoms with Gasteiger partial charge in [0.15, 0.2) is 5.42 Å². The molecule has 266 valence electrons. The summed E-state index contributed by atoms with van der Waals surface area (Å²) in [7, 11) is -7.06. The van der Waals surface area contributed by atoms with Gasteiger partial charge in [-0.2, -0.15) is 47.9 Å². The highest BCUT2D eigenvalue weighted by molar-refractivity contribution is 7.96. The van der Waals surface area contributed by atoms with Crippen LogP contribution in [0.4, 0.5) is 50.9 Å². The lowest BCUT2D eigenvalue weighted by Crippen LogP contribution is -2.64. The second-order valence-corrected chi connectivity index (χ2v) is 15.2. The fourth-order valence-electron chi connectivity index (χ4n) is 4.70. The third-order valence-electron chi connectivity index (χ3n) is 7.06. The predicted molar refractivity (Wildman–Crippen MR) is 171 cm³/mol. The van der Waals surface area contributed by atoms with Crippen molar-refractivity contribution in [2.75, 3.05) is 11.3 Å². The molecule has 4 aromatic rings. The zero-order valence-electron chi connectivity index (χ0n) is 25.5. The molecule has 4 aromatic carbocycles. The number of halogens is 9. The van der Waals surface area contributed by atoms with E-state index in [1.54, 1.807) is 91.0 Å². The van der Waals surface area contributed by atoms with E-state index in [1.165, 1.54) is 6.92 Å². The molecule has 0 aromatic heterocycles. The molecule has 50 heavy (non-hydrogen) atoms. The van der Waals surface area contributed by atoms with Crippen LogP contribution in [0.25, 0.3) is 0 Å². The third-order valence-corrected chi connectivity index (χ3v) is 12.6. The van der Waals surface area contributed by atoms with Crippen molar-refractivity contribution in [3.8, 4) is 0 Å². The molecule has 0 spiro atoms. The number of alkyl halides is 9. The van der Waals surface area contributed by atoms with Crippen LogP contribution in [0.5, 0.6) is 0 Å². The van der Waals surface area contributed by atoms with E-state index in [1.807, 2.05) is 0 Å². The summed E-state index contributed by atoms with van der Waals surface area (Å²) < 4.78 is 153. The molecule has 0 heterocycles. The number of rotatable bonds is 12. The summed E-state index contributed by atoms with van der Waals surface area (Å²) in [6.07, 6.45) is -7.24. The van der Waals surface area contributed by atoms with E-state index >= 15 is 0 Å². The van der Waals surface area contributed by atoms with Gasteiger partial charge < -0.3 is 4.74 Å². The lowest BCUT2D eigenvalue weighted by atomic mass is 10.1. The molecule has 0 bridgehead atoms. The number of carbonyl (C=O) groups is 1. The van der Waals surface area contributed by atoms with Crippen molar-refractivity contribution in [3.05, 3.63) is 115 Å². The van der Waals surface area contributed by atoms with E-state index in [2.05, 4.69) is 10.2 Å². The SMILES string of the molecule is CCOC(=O)C(N=Nc1ccccc1NS(=O)(=O)C(F)(F)C(F)(F)C(F)(F)C(F)(F)F)=P(c1ccccc1)(c1ccccc1)c1ccccc1. The summed E-state index contributed by atoms with van der Waals surface area (Å²) in [6.45, 7) is -2.04. The Bertz CT molecular complexity index is 1910. The molecule has 0 amide bonds. The number of hydrogen-bond acceptors (Lipinski definition) is 5. The second kappa shape index (κ2) is 14.3. The van der Waals surface area contributed by atoms with Crippen LogP contribution >= 0.6 is 6.89 Å². The van der Waals surface area contributed by atoms with E-state index in [9.17, 15) is 52.7 Å². The van der Waals surface area contributed by atoms with Gasteiger partial charge in [0.1, 0.15) is 5.69 Å². The van der Waals surface area contributed by atoms with E-state index in [4.69, 9.17) is 4.74 Å². The lowest BCUT2D eigenvalue weighted by molar-refractivity contribution is -0.382. The minimum atomic E-state index is -7.46. The molecule has 0 saturated carbocycles. The van der Waals surface area contributed by atoms with Crippen molar-refractivity contribution in [1.29, 1.82) is 0 Å². The van der Waals surface area contributed by atoms with Gasteiger partial charge in [-0.1, -0.05) is 103 Å². The minimum Gasteiger partial charge on any atom is -0.461 e. The van der Waals surface area contributed by atoms with Gasteiger partial charge in [0.25, 0.3) is 0 Å². The standard InChI is InChI=1S/C32H25F9N3O4PS/c1-2-48-28(45)27(49(22-14-6-3-7-15-22,23-16-8-4-9-17-23)24-18-10-5-11-19-24)43-42-25-20-12-13-21-26(25)44-50(46,47)32(40,41)30(35,36)29(33,34)31(37,38)39/h3-21,44H,2H2,1H3. The van der Waals surface area contributed by atoms with Crippen molar-refractivity contribution in [1.82, 2.24) is 0 Å². The maximum atomic E-state index is 14.6. The summed E-state index contributed by atoms with van der Waals surface area (Å²) >= 11 is 0. The van der Waals surface area contributed by atoms with Gasteiger partial charge in [-0.25, -0.2) is 4.79 Å². The summed E-state index contributed by atoms with van der Waals surface area (Å²) in [5.41, 5.74) is -2.14. The number of ether oxygens (including phenoxy) is 1. The monoisotopic (exact) mass is 749 g/mol. The molecule has 1 N–H and O–H groups in total. The van der Waals surface area contributed by atoms with Crippen molar-refractivity contribution in [2.45, 2.75) is 30.2 Å². The van der Waals surface area contributed by atoms with Crippen LogP contribution in [0.2, 0.25) is 0 Å². The molecular formula is C32H25F9N3O4PS. The van der Waals surface area contributed by atoms with Gasteiger partial charge >= 0.3 is 39.3 Å². The number of azo groups is 1. The Labute approximate surface area is 279 Å². The maximum absolute atomic E-state index is 14.6. The number of nitrogens with zero attached hydrogens (tertiary/aromatic N) is 2. The zero-order chi connectivity index (χ0) is 37.0. The number of para-hydroxylation sites is 1. The van der Waals surface area contributed by atoms with E-state index in [0.29, 0.717) is 22.0 Å². The van der Waals surface area contributed by atoms with Gasteiger partial charge in [-0.05, 0) is 35.0 Å². The fourth-order valence-corrected chi connectivity index (χ4v) is 9.76. The van der Waals surface area contributed by atoms with E-state index < -0.39 is 57.5 Å². The molecule has 0 radical (unpaired) electrons. The number of hydrogen-bond donors (Lipinski definition) is 1. The molecule has 0 aliphatic heterocycles. The predicted octanol–water partition coefficient (Wildman–Crippen LogP) is 7.62. The van der Waals surface area contributed by atoms with E-state index in [-0.39, 0.29) is 12.0 Å². The maximum Gasteiger partial charge on any atom is 0.460 e. The number of nitrogens with one attached hydrogen (secondary N) is 1. The Morgan fingerprint density at radius 1 is 0.680 bits per heavy atom. The Balaban J connectivity index is 1.99. The zero-order valence-corrected chi connectivity index (χ0v) is 27.2. The van der Waals surface area contributed by atoms with Crippen LogP contribution < -0.4 is 20.6 Å². The number of esters is 1. The first-order chi connectivity index (χ1) is 23.4. The van der Waals surface area contributed by atoms with Crippen molar-refractivity contribution in [2.24, 2.45) is 10.2 Å². The number of carbonyl (C=O) groups excluding carboxylic acids is 1. The number of benzene rings is 4. The lowest BCUT2D eigenvalue weighted by Gasteiger charge is -2.33. The number of sulfonamides is 1. The summed E-state index contributed by atoms with van der Waals surface area (Å²) in [5.74, 6) is -15.9. The first kappa shape index (κ1) is 38.2. The Hall–Kier alpha value is -4.63. The Kier molecular flexibility index (Phi) is 10.9. The van der Waals surface area contributed by atoms with Crippen LogP contribution in [0.15, 0.2) is 125 Å². The van der Waals surface area contributed by atoms with Crippen molar-refractivity contribution in [3.63, 3.8) is 0 Å². The molecule has 18 heteroatoms. The van der Waals surface area contributed by atoms with Gasteiger partial charge in [0.05, 0.1) is 12.3 Å². The van der Waals surface area contributed by atoms with Crippen molar-refractivity contribution < 1.29 is 57.5 Å². The van der Waals surface area contributed by atoms with Crippen LogP contribution in [0, 0.1) is 0 Å². The normalized spacial score (nSPS) is 13.2. The van der Waals surface area contributed by atoms with Gasteiger partial charge in [-0.15, -0.1) is 10.2 Å². The smallest absolute Gasteiger partial charge is 0.460 e. The second-order valence-electron chi connectivity index (χ2n) is 10.2. The molecule has 0 fully saturated rings. The van der Waals surface area contributed by atoms with Crippen LogP contribution in [0.1, 0.15) is 6.92 Å². The topological polar surface area (TPSA) is 97.2 Å². The first-order valence-corrected chi connectivity index (χ1v) is 17.5. The molecule has 0 saturated heterocycles. The highest BCUT2D eigenvalue weighted by Gasteiger charge is 2.85. The van der Waals surface area contributed by atoms with Gasteiger partial charge in [0.2, 0.25) is 0 Å². The molecule has 0 aliphatic rings. The molecule has 0 unspecified atom stereocenters. The third kappa shape index (κ3) is 6.75. The minimum absolute atomic E-state index is 0.154. The van der Waals surface area contributed by atoms with E-state index in [0.717, 1.165) is 22.9 Å². The summed E-state index contributed by atoms with van der Waals surface area (Å²) in [5, 5.41) is 2.72. The van der Waals surface area contributed by atoms with Crippen LogP contribution in [-0.2, 0) is 19.6 Å². The quantitative estimate of drug-likeness (QED) is 0.0698. The number of anilines is 1. The van der Waals surface area contributed by atoms with Crippen LogP contribution in [0.3, 0.4) is 0 Å². The first-order valence-electron chi connectivity index (χ1n) is 14.2. The summed E-state index contributed by atoms with van der Waals surface area (Å²) in [6, 6.07) is 29.3. The molecule has 7 nitrogen and oxygen atoms in total. The average molecular weight is 750 g/mol. The highest BCUT2D eigenvalue weighted by Crippen LogP contribution is 2.55. The largest absolute Gasteiger partial charge is 0.461 e. The van der Waals surface area contributed by atoms with Gasteiger partial charge in [-0.3, -0.25) is 4.72 Å². The Morgan fingerprint density at radius 3 is 1.52 bits per heavy atom. The Morgan fingerprint density at radius 2 is 1.10 bits per heavy atom. The highest BCUT2D eigenvalue weighted by atomic mass is 32.2. The molecular weight excluding hydrogens is 724 g/mol. The molecule has 4 rings (SSSR count). The molecule has 0 aliphatic carbocycles. The van der Waals surface area contributed by atoms with Gasteiger partial charge in [0, 0.05) is 6.89 Å². The molecule has 0 atom stereocenters. The van der Waals surface area contributed by atoms with Crippen molar-refractivity contribution >= 4 is 55.6 Å². The average Bonchev–Trinajstić information content (AvgIpc) is 3.07. The fraction of sp³-hybridized carbons (Fsp3) is 0.188.